The molecule has 0 N–H and O–H groups in total. The number of unbranched alkanes of at least 4 members (excludes halogenated alkanes) is 2. The van der Waals surface area contributed by atoms with Crippen LogP contribution in [-0.2, 0) is 14.3 Å². The highest BCUT2D eigenvalue weighted by molar-refractivity contribution is 6.19. The number of imide groups is 1. The SMILES string of the molecule is CCCCCOc1ccc(/C=C2/C(=O)N(CCCOC(C)C)C(=O)C(C#N)=C2C)cc1OC. The smallest absolute Gasteiger partial charge is 0.271 e. The van der Waals surface area contributed by atoms with Crippen LogP contribution in [0, 0.1) is 11.3 Å². The predicted octanol–water partition coefficient (Wildman–Crippen LogP) is 4.67. The minimum atomic E-state index is -0.560. The molecular formula is C26H34N2O5. The zero-order valence-electron chi connectivity index (χ0n) is 20.3. The molecule has 0 saturated heterocycles. The predicted molar refractivity (Wildman–Crippen MR) is 127 cm³/mol. The number of ether oxygens (including phenoxy) is 3. The van der Waals surface area contributed by atoms with Crippen molar-refractivity contribution in [1.29, 1.82) is 5.26 Å². The number of nitriles is 1. The van der Waals surface area contributed by atoms with Crippen molar-refractivity contribution in [1.82, 2.24) is 4.90 Å². The Kier molecular flexibility index (Phi) is 10.1. The van der Waals surface area contributed by atoms with Crippen molar-refractivity contribution < 1.29 is 23.8 Å². The molecule has 0 spiro atoms. The molecule has 1 aliphatic rings. The molecule has 2 rings (SSSR count). The van der Waals surface area contributed by atoms with Gasteiger partial charge in [-0.15, -0.1) is 0 Å². The Morgan fingerprint density at radius 1 is 1.09 bits per heavy atom. The highest BCUT2D eigenvalue weighted by Crippen LogP contribution is 2.32. The maximum absolute atomic E-state index is 13.2. The molecule has 7 heteroatoms. The van der Waals surface area contributed by atoms with Crippen LogP contribution in [0.5, 0.6) is 11.5 Å². The minimum absolute atomic E-state index is 0.0199. The van der Waals surface area contributed by atoms with Crippen LogP contribution in [0.25, 0.3) is 6.08 Å². The number of carbonyl (C=O) groups is 2. The topological polar surface area (TPSA) is 88.9 Å². The average molecular weight is 455 g/mol. The van der Waals surface area contributed by atoms with E-state index in [9.17, 15) is 14.9 Å². The van der Waals surface area contributed by atoms with E-state index in [1.54, 1.807) is 32.2 Å². The molecular weight excluding hydrogens is 420 g/mol. The lowest BCUT2D eigenvalue weighted by Crippen LogP contribution is -2.43. The zero-order chi connectivity index (χ0) is 24.4. The van der Waals surface area contributed by atoms with Crippen molar-refractivity contribution in [2.24, 2.45) is 0 Å². The summed E-state index contributed by atoms with van der Waals surface area (Å²) in [5, 5.41) is 9.55. The lowest BCUT2D eigenvalue weighted by Gasteiger charge is -2.27. The summed E-state index contributed by atoms with van der Waals surface area (Å²) < 4.78 is 16.8. The van der Waals surface area contributed by atoms with Gasteiger partial charge in [-0.1, -0.05) is 25.8 Å². The summed E-state index contributed by atoms with van der Waals surface area (Å²) in [7, 11) is 1.56. The molecule has 178 valence electrons. The summed E-state index contributed by atoms with van der Waals surface area (Å²) >= 11 is 0. The van der Waals surface area contributed by atoms with Crippen molar-refractivity contribution >= 4 is 17.9 Å². The van der Waals surface area contributed by atoms with Crippen molar-refractivity contribution in [3.63, 3.8) is 0 Å². The van der Waals surface area contributed by atoms with Crippen LogP contribution in [-0.4, -0.2) is 49.7 Å². The molecule has 0 saturated carbocycles. The Balaban J connectivity index is 2.29. The molecule has 0 atom stereocenters. The molecule has 0 fully saturated rings. The third-order valence-electron chi connectivity index (χ3n) is 5.31. The lowest BCUT2D eigenvalue weighted by molar-refractivity contribution is -0.140. The fraction of sp³-hybridized carbons (Fsp3) is 0.500. The maximum Gasteiger partial charge on any atom is 0.271 e. The van der Waals surface area contributed by atoms with E-state index in [4.69, 9.17) is 14.2 Å². The molecule has 1 aromatic rings. The van der Waals surface area contributed by atoms with Gasteiger partial charge >= 0.3 is 0 Å². The molecule has 2 amide bonds. The van der Waals surface area contributed by atoms with E-state index in [0.717, 1.165) is 24.2 Å². The van der Waals surface area contributed by atoms with Gasteiger partial charge in [0, 0.05) is 18.7 Å². The molecule has 0 radical (unpaired) electrons. The molecule has 0 unspecified atom stereocenters. The van der Waals surface area contributed by atoms with E-state index in [1.165, 1.54) is 0 Å². The van der Waals surface area contributed by atoms with E-state index in [0.29, 0.717) is 47.8 Å². The molecule has 1 aliphatic heterocycles. The molecule has 0 aromatic heterocycles. The molecule has 33 heavy (non-hydrogen) atoms. The number of nitrogens with zero attached hydrogens (tertiary/aromatic N) is 2. The van der Waals surface area contributed by atoms with E-state index < -0.39 is 11.8 Å². The normalized spacial score (nSPS) is 15.4. The van der Waals surface area contributed by atoms with Gasteiger partial charge in [0.2, 0.25) is 0 Å². The summed E-state index contributed by atoms with van der Waals surface area (Å²) in [6.45, 7) is 8.83. The number of benzene rings is 1. The van der Waals surface area contributed by atoms with Crippen LogP contribution in [0.15, 0.2) is 34.9 Å². The fourth-order valence-corrected chi connectivity index (χ4v) is 3.47. The van der Waals surface area contributed by atoms with Crippen LogP contribution in [0.3, 0.4) is 0 Å². The Bertz CT molecular complexity index is 956. The van der Waals surface area contributed by atoms with Crippen LogP contribution < -0.4 is 9.47 Å². The van der Waals surface area contributed by atoms with Gasteiger partial charge in [-0.05, 0) is 63.0 Å². The highest BCUT2D eigenvalue weighted by Gasteiger charge is 2.35. The number of carbonyl (C=O) groups excluding carboxylic acids is 2. The second kappa shape index (κ2) is 12.8. The highest BCUT2D eigenvalue weighted by atomic mass is 16.5. The summed E-state index contributed by atoms with van der Waals surface area (Å²) in [5.74, 6) is 0.220. The summed E-state index contributed by atoms with van der Waals surface area (Å²) in [5.41, 5.74) is 1.38. The van der Waals surface area contributed by atoms with Gasteiger partial charge in [0.25, 0.3) is 11.8 Å². The third kappa shape index (κ3) is 6.93. The first-order chi connectivity index (χ1) is 15.8. The zero-order valence-corrected chi connectivity index (χ0v) is 20.3. The largest absolute Gasteiger partial charge is 0.493 e. The number of hydrogen-bond acceptors (Lipinski definition) is 6. The number of hydrogen-bond donors (Lipinski definition) is 0. The van der Waals surface area contributed by atoms with Gasteiger partial charge in [0.15, 0.2) is 11.5 Å². The quantitative estimate of drug-likeness (QED) is 0.259. The second-order valence-corrected chi connectivity index (χ2v) is 8.17. The molecule has 1 heterocycles. The second-order valence-electron chi connectivity index (χ2n) is 8.17. The third-order valence-corrected chi connectivity index (χ3v) is 5.31. The summed E-state index contributed by atoms with van der Waals surface area (Å²) in [6, 6.07) is 7.38. The van der Waals surface area contributed by atoms with Crippen LogP contribution in [0.1, 0.15) is 58.9 Å². The van der Waals surface area contributed by atoms with Gasteiger partial charge < -0.3 is 14.2 Å². The van der Waals surface area contributed by atoms with Crippen molar-refractivity contribution in [2.45, 2.75) is 59.5 Å². The Labute approximate surface area is 196 Å². The van der Waals surface area contributed by atoms with Gasteiger partial charge in [-0.3, -0.25) is 14.5 Å². The molecule has 0 aliphatic carbocycles. The molecule has 7 nitrogen and oxygen atoms in total. The Morgan fingerprint density at radius 3 is 2.48 bits per heavy atom. The van der Waals surface area contributed by atoms with Crippen LogP contribution >= 0.6 is 0 Å². The average Bonchev–Trinajstić information content (AvgIpc) is 2.79. The monoisotopic (exact) mass is 454 g/mol. The van der Waals surface area contributed by atoms with E-state index in [1.807, 2.05) is 26.0 Å². The van der Waals surface area contributed by atoms with Crippen LogP contribution in [0.2, 0.25) is 0 Å². The van der Waals surface area contributed by atoms with Crippen molar-refractivity contribution in [3.05, 3.63) is 40.5 Å². The van der Waals surface area contributed by atoms with Gasteiger partial charge in [-0.25, -0.2) is 0 Å². The first-order valence-corrected chi connectivity index (χ1v) is 11.5. The number of methoxy groups -OCH3 is 1. The lowest BCUT2D eigenvalue weighted by atomic mass is 9.93. The maximum atomic E-state index is 13.2. The molecule has 0 bridgehead atoms. The van der Waals surface area contributed by atoms with E-state index >= 15 is 0 Å². The number of rotatable bonds is 12. The van der Waals surface area contributed by atoms with E-state index in [2.05, 4.69) is 6.92 Å². The first-order valence-electron chi connectivity index (χ1n) is 11.5. The summed E-state index contributed by atoms with van der Waals surface area (Å²) in [6.07, 6.45) is 5.43. The van der Waals surface area contributed by atoms with Crippen molar-refractivity contribution in [3.8, 4) is 17.6 Å². The standard InChI is InChI=1S/C26H34N2O5/c1-6-7-8-13-33-23-11-10-20(16-24(23)31-5)15-21-19(4)22(17-27)26(30)28(25(21)29)12-9-14-32-18(2)3/h10-11,15-16,18H,6-9,12-14H2,1-5H3/b21-15+. The van der Waals surface area contributed by atoms with Crippen LogP contribution in [0.4, 0.5) is 0 Å². The Hall–Kier alpha value is -3.11. The van der Waals surface area contributed by atoms with Gasteiger partial charge in [0.05, 0.1) is 19.8 Å². The van der Waals surface area contributed by atoms with Gasteiger partial charge in [-0.2, -0.15) is 5.26 Å². The Morgan fingerprint density at radius 2 is 1.85 bits per heavy atom. The number of amides is 2. The minimum Gasteiger partial charge on any atom is -0.493 e. The first kappa shape index (κ1) is 26.1. The summed E-state index contributed by atoms with van der Waals surface area (Å²) in [4.78, 5) is 27.0. The van der Waals surface area contributed by atoms with E-state index in [-0.39, 0.29) is 18.2 Å². The fourth-order valence-electron chi connectivity index (χ4n) is 3.47. The van der Waals surface area contributed by atoms with Crippen molar-refractivity contribution in [2.75, 3.05) is 26.9 Å². The molecule has 1 aromatic carbocycles. The van der Waals surface area contributed by atoms with Gasteiger partial charge in [0.1, 0.15) is 11.6 Å².